The summed E-state index contributed by atoms with van der Waals surface area (Å²) in [5, 5.41) is 4.87. The number of fused-ring (bicyclic) bond motifs is 1. The molecule has 0 saturated carbocycles. The second-order valence-electron chi connectivity index (χ2n) is 5.75. The molecule has 2 aromatic carbocycles. The van der Waals surface area contributed by atoms with Crippen molar-refractivity contribution in [1.29, 1.82) is 0 Å². The van der Waals surface area contributed by atoms with E-state index in [1.807, 2.05) is 18.2 Å². The van der Waals surface area contributed by atoms with Crippen LogP contribution in [0.2, 0.25) is 0 Å². The van der Waals surface area contributed by atoms with Gasteiger partial charge in [-0.25, -0.2) is 8.78 Å². The zero-order valence-electron chi connectivity index (χ0n) is 13.4. The van der Waals surface area contributed by atoms with Gasteiger partial charge in [-0.2, -0.15) is 0 Å². The molecule has 2 aromatic rings. The summed E-state index contributed by atoms with van der Waals surface area (Å²) in [5.74, 6) is -2.00. The van der Waals surface area contributed by atoms with E-state index in [9.17, 15) is 18.4 Å². The van der Waals surface area contributed by atoms with Crippen molar-refractivity contribution in [1.82, 2.24) is 5.32 Å². The van der Waals surface area contributed by atoms with Crippen molar-refractivity contribution in [2.75, 3.05) is 5.32 Å². The first-order valence-corrected chi connectivity index (χ1v) is 8.63. The smallest absolute Gasteiger partial charge is 0.238 e. The Morgan fingerprint density at radius 3 is 2.80 bits per heavy atom. The molecular formula is C18H16F2N2O2S. The van der Waals surface area contributed by atoms with Crippen molar-refractivity contribution in [2.24, 2.45) is 0 Å². The lowest BCUT2D eigenvalue weighted by molar-refractivity contribution is -0.124. The molecule has 0 fully saturated rings. The van der Waals surface area contributed by atoms with Crippen molar-refractivity contribution in [3.63, 3.8) is 0 Å². The number of rotatable bonds is 4. The largest absolute Gasteiger partial charge is 0.349 e. The molecule has 4 nitrogen and oxygen atoms in total. The normalized spacial score (nSPS) is 17.4. The summed E-state index contributed by atoms with van der Waals surface area (Å²) in [6.07, 6.45) is -0.0298. The van der Waals surface area contributed by atoms with Crippen molar-refractivity contribution >= 4 is 29.3 Å². The molecular weight excluding hydrogens is 346 g/mol. The number of carbonyl (C=O) groups excluding carboxylic acids is 2. The lowest BCUT2D eigenvalue weighted by Crippen LogP contribution is -2.35. The van der Waals surface area contributed by atoms with Crippen LogP contribution in [0.15, 0.2) is 47.4 Å². The Morgan fingerprint density at radius 1 is 1.28 bits per heavy atom. The third-order valence-corrected chi connectivity index (χ3v) is 5.16. The van der Waals surface area contributed by atoms with Crippen molar-refractivity contribution in [3.8, 4) is 0 Å². The van der Waals surface area contributed by atoms with Gasteiger partial charge in [0.1, 0.15) is 11.6 Å². The van der Waals surface area contributed by atoms with Gasteiger partial charge in [0, 0.05) is 22.9 Å². The van der Waals surface area contributed by atoms with Gasteiger partial charge in [-0.3, -0.25) is 9.59 Å². The highest BCUT2D eigenvalue weighted by molar-refractivity contribution is 8.01. The minimum absolute atomic E-state index is 0.0298. The number of halogens is 2. The van der Waals surface area contributed by atoms with E-state index in [1.165, 1.54) is 17.8 Å². The lowest BCUT2D eigenvalue weighted by Gasteiger charge is -2.24. The standard InChI is InChI=1S/C18H16F2N2O2S/c1-10(12-7-6-11(19)8-13(12)20)21-17(23)9-16-18(24)22-14-4-2-3-5-15(14)25-16/h2-8,10,16H,9H2,1H3,(H,21,23)(H,22,24)/t10-,16-/m0/s1. The molecule has 25 heavy (non-hydrogen) atoms. The van der Waals surface area contributed by atoms with E-state index < -0.39 is 22.9 Å². The molecule has 0 saturated heterocycles. The van der Waals surface area contributed by atoms with Crippen molar-refractivity contribution in [2.45, 2.75) is 29.5 Å². The van der Waals surface area contributed by atoms with Gasteiger partial charge in [-0.15, -0.1) is 11.8 Å². The number of carbonyl (C=O) groups is 2. The summed E-state index contributed by atoms with van der Waals surface area (Å²) in [6, 6.07) is 9.95. The van der Waals surface area contributed by atoms with Crippen LogP contribution >= 0.6 is 11.8 Å². The molecule has 0 unspecified atom stereocenters. The first-order chi connectivity index (χ1) is 11.9. The maximum atomic E-state index is 13.8. The van der Waals surface area contributed by atoms with Crippen LogP contribution in [0.3, 0.4) is 0 Å². The fraction of sp³-hybridized carbons (Fsp3) is 0.222. The molecule has 0 aromatic heterocycles. The Morgan fingerprint density at radius 2 is 2.04 bits per heavy atom. The van der Waals surface area contributed by atoms with E-state index in [0.717, 1.165) is 22.7 Å². The molecule has 2 N–H and O–H groups in total. The SMILES string of the molecule is C[C@H](NC(=O)C[C@@H]1Sc2ccccc2NC1=O)c1ccc(F)cc1F. The van der Waals surface area contributed by atoms with Gasteiger partial charge in [0.05, 0.1) is 17.0 Å². The van der Waals surface area contributed by atoms with Gasteiger partial charge in [0.15, 0.2) is 0 Å². The van der Waals surface area contributed by atoms with E-state index in [1.54, 1.807) is 13.0 Å². The molecule has 0 bridgehead atoms. The van der Waals surface area contributed by atoms with Crippen LogP contribution in [-0.2, 0) is 9.59 Å². The van der Waals surface area contributed by atoms with Gasteiger partial charge < -0.3 is 10.6 Å². The number of hydrogen-bond acceptors (Lipinski definition) is 3. The Bertz CT molecular complexity index is 828. The molecule has 0 aliphatic carbocycles. The van der Waals surface area contributed by atoms with E-state index in [-0.39, 0.29) is 23.8 Å². The van der Waals surface area contributed by atoms with Gasteiger partial charge in [-0.05, 0) is 25.1 Å². The van der Waals surface area contributed by atoms with E-state index >= 15 is 0 Å². The van der Waals surface area contributed by atoms with Gasteiger partial charge in [-0.1, -0.05) is 18.2 Å². The highest BCUT2D eigenvalue weighted by atomic mass is 32.2. The topological polar surface area (TPSA) is 58.2 Å². The molecule has 2 amide bonds. The maximum Gasteiger partial charge on any atom is 0.238 e. The number of benzene rings is 2. The third-order valence-electron chi connectivity index (χ3n) is 3.88. The minimum Gasteiger partial charge on any atom is -0.349 e. The van der Waals surface area contributed by atoms with Crippen LogP contribution < -0.4 is 10.6 Å². The van der Waals surface area contributed by atoms with Crippen LogP contribution in [0, 0.1) is 11.6 Å². The summed E-state index contributed by atoms with van der Waals surface area (Å²) in [5.41, 5.74) is 0.928. The highest BCUT2D eigenvalue weighted by Gasteiger charge is 2.29. The summed E-state index contributed by atoms with van der Waals surface area (Å²) in [4.78, 5) is 25.3. The predicted octanol–water partition coefficient (Wildman–Crippen LogP) is 3.65. The summed E-state index contributed by atoms with van der Waals surface area (Å²) in [7, 11) is 0. The van der Waals surface area contributed by atoms with E-state index in [0.29, 0.717) is 0 Å². The molecule has 130 valence electrons. The van der Waals surface area contributed by atoms with Crippen LogP contribution in [0.25, 0.3) is 0 Å². The molecule has 1 aliphatic rings. The van der Waals surface area contributed by atoms with Gasteiger partial charge in [0.2, 0.25) is 11.8 Å². The summed E-state index contributed by atoms with van der Waals surface area (Å²) < 4.78 is 26.8. The van der Waals surface area contributed by atoms with Crippen molar-refractivity contribution in [3.05, 3.63) is 59.7 Å². The minimum atomic E-state index is -0.716. The van der Waals surface area contributed by atoms with Crippen LogP contribution in [0.5, 0.6) is 0 Å². The average Bonchev–Trinajstić information content (AvgIpc) is 2.55. The van der Waals surface area contributed by atoms with Crippen LogP contribution in [0.1, 0.15) is 24.9 Å². The van der Waals surface area contributed by atoms with E-state index in [2.05, 4.69) is 10.6 Å². The average molecular weight is 362 g/mol. The molecule has 2 atom stereocenters. The number of nitrogens with one attached hydrogen (secondary N) is 2. The monoisotopic (exact) mass is 362 g/mol. The molecule has 1 aliphatic heterocycles. The quantitative estimate of drug-likeness (QED) is 0.873. The number of anilines is 1. The lowest BCUT2D eigenvalue weighted by atomic mass is 10.1. The number of thioether (sulfide) groups is 1. The zero-order chi connectivity index (χ0) is 18.0. The summed E-state index contributed by atoms with van der Waals surface area (Å²) >= 11 is 1.32. The van der Waals surface area contributed by atoms with Gasteiger partial charge in [0.25, 0.3) is 0 Å². The second-order valence-corrected chi connectivity index (χ2v) is 7.00. The molecule has 3 rings (SSSR count). The highest BCUT2D eigenvalue weighted by Crippen LogP contribution is 2.36. The molecule has 7 heteroatoms. The first-order valence-electron chi connectivity index (χ1n) is 7.75. The summed E-state index contributed by atoms with van der Waals surface area (Å²) in [6.45, 7) is 1.61. The Hall–Kier alpha value is -2.41. The second kappa shape index (κ2) is 7.23. The molecule has 1 heterocycles. The fourth-order valence-electron chi connectivity index (χ4n) is 2.63. The molecule has 0 radical (unpaired) electrons. The van der Waals surface area contributed by atoms with Gasteiger partial charge >= 0.3 is 0 Å². The zero-order valence-corrected chi connectivity index (χ0v) is 14.2. The van der Waals surface area contributed by atoms with Crippen LogP contribution in [0.4, 0.5) is 14.5 Å². The Labute approximate surface area is 148 Å². The molecule has 0 spiro atoms. The van der Waals surface area contributed by atoms with Crippen molar-refractivity contribution < 1.29 is 18.4 Å². The predicted molar refractivity (Wildman–Crippen MR) is 92.2 cm³/mol. The van der Waals surface area contributed by atoms with E-state index in [4.69, 9.17) is 0 Å². The third kappa shape index (κ3) is 3.99. The number of para-hydroxylation sites is 1. The fourth-order valence-corrected chi connectivity index (χ4v) is 3.74. The number of amides is 2. The Kier molecular flexibility index (Phi) is 5.03. The first kappa shape index (κ1) is 17.4. The van der Waals surface area contributed by atoms with Crippen LogP contribution in [-0.4, -0.2) is 17.1 Å². The Balaban J connectivity index is 1.63. The maximum absolute atomic E-state index is 13.8. The number of hydrogen-bond donors (Lipinski definition) is 2.